The van der Waals surface area contributed by atoms with Gasteiger partial charge in [-0.15, -0.1) is 0 Å². The fourth-order valence-corrected chi connectivity index (χ4v) is 4.08. The number of hydrogen-bond donors (Lipinski definition) is 1. The third kappa shape index (κ3) is 4.10. The van der Waals surface area contributed by atoms with Gasteiger partial charge in [0, 0.05) is 19.0 Å². The molecule has 11 heteroatoms. The number of aromatic nitrogens is 2. The monoisotopic (exact) mass is 445 g/mol. The summed E-state index contributed by atoms with van der Waals surface area (Å²) < 4.78 is 72.5. The number of aliphatic hydroxyl groups is 1. The number of fused-ring (bicyclic) bond motifs is 3. The lowest BCUT2D eigenvalue weighted by Gasteiger charge is -2.31. The van der Waals surface area contributed by atoms with Crippen molar-refractivity contribution < 1.29 is 36.6 Å². The first-order chi connectivity index (χ1) is 14.7. The first-order valence-corrected chi connectivity index (χ1v) is 9.88. The van der Waals surface area contributed by atoms with Crippen molar-refractivity contribution in [3.05, 3.63) is 46.8 Å². The van der Waals surface area contributed by atoms with Crippen molar-refractivity contribution in [1.29, 1.82) is 0 Å². The van der Waals surface area contributed by atoms with Crippen LogP contribution >= 0.6 is 0 Å². The van der Waals surface area contributed by atoms with E-state index in [4.69, 9.17) is 5.11 Å². The largest absolute Gasteiger partial charge is 0.434 e. The Kier molecular flexibility index (Phi) is 5.63. The van der Waals surface area contributed by atoms with Gasteiger partial charge in [-0.1, -0.05) is 0 Å². The summed E-state index contributed by atoms with van der Waals surface area (Å²) >= 11 is 0. The van der Waals surface area contributed by atoms with Gasteiger partial charge in [0.1, 0.15) is 11.5 Å². The number of halogens is 5. The molecule has 0 bridgehead atoms. The molecule has 1 amide bonds. The molecule has 1 fully saturated rings. The second-order valence-corrected chi connectivity index (χ2v) is 7.69. The summed E-state index contributed by atoms with van der Waals surface area (Å²) in [5.41, 5.74) is 2.01. The average Bonchev–Trinajstić information content (AvgIpc) is 3.07. The zero-order valence-electron chi connectivity index (χ0n) is 16.3. The van der Waals surface area contributed by atoms with Crippen LogP contribution in [0, 0.1) is 11.6 Å². The quantitative estimate of drug-likeness (QED) is 0.735. The van der Waals surface area contributed by atoms with Gasteiger partial charge in [0.25, 0.3) is 0 Å². The van der Waals surface area contributed by atoms with Crippen LogP contribution in [0.3, 0.4) is 0 Å². The van der Waals surface area contributed by atoms with Crippen LogP contribution in [-0.4, -0.2) is 57.9 Å². The van der Waals surface area contributed by atoms with Gasteiger partial charge in [0.2, 0.25) is 6.10 Å². The third-order valence-corrected chi connectivity index (χ3v) is 5.76. The summed E-state index contributed by atoms with van der Waals surface area (Å²) in [7, 11) is 0. The molecule has 168 valence electrons. The van der Waals surface area contributed by atoms with Gasteiger partial charge in [-0.05, 0) is 49.4 Å². The van der Waals surface area contributed by atoms with Crippen molar-refractivity contribution in [1.82, 2.24) is 14.7 Å². The molecule has 1 aromatic carbocycles. The van der Waals surface area contributed by atoms with Crippen LogP contribution in [0.15, 0.2) is 18.2 Å². The number of amides is 1. The first-order valence-electron chi connectivity index (χ1n) is 9.88. The lowest BCUT2D eigenvalue weighted by molar-refractivity contribution is -0.214. The Hall–Kier alpha value is -2.69. The van der Waals surface area contributed by atoms with Crippen LogP contribution < -0.4 is 0 Å². The number of alkyl halides is 3. The molecular weight excluding hydrogens is 425 g/mol. The molecule has 2 aliphatic rings. The molecular formula is C20H20F5N3O3. The highest BCUT2D eigenvalue weighted by Crippen LogP contribution is 2.35. The van der Waals surface area contributed by atoms with Crippen LogP contribution in [0.1, 0.15) is 35.7 Å². The van der Waals surface area contributed by atoms with Gasteiger partial charge in [-0.25, -0.2) is 18.3 Å². The summed E-state index contributed by atoms with van der Waals surface area (Å²) in [4.78, 5) is 13.1. The Balaban J connectivity index is 1.46. The molecule has 0 aliphatic carbocycles. The van der Waals surface area contributed by atoms with E-state index in [1.165, 1.54) is 16.8 Å². The van der Waals surface area contributed by atoms with Gasteiger partial charge in [-0.2, -0.15) is 18.3 Å². The molecule has 1 saturated heterocycles. The number of likely N-dealkylation sites (tertiary alicyclic amines) is 1. The zero-order valence-corrected chi connectivity index (χ0v) is 16.3. The minimum absolute atomic E-state index is 0.0724. The first kappa shape index (κ1) is 21.5. The number of aliphatic hydroxyl groups excluding tert-OH is 1. The highest BCUT2D eigenvalue weighted by Gasteiger charge is 2.43. The number of nitrogens with zero attached hydrogens (tertiary/aromatic N) is 3. The number of hydrogen-bond acceptors (Lipinski definition) is 4. The van der Waals surface area contributed by atoms with Crippen molar-refractivity contribution >= 4 is 6.09 Å². The van der Waals surface area contributed by atoms with E-state index in [9.17, 15) is 22.4 Å². The molecule has 0 spiro atoms. The molecule has 6 nitrogen and oxygen atoms in total. The Morgan fingerprint density at radius 3 is 2.58 bits per heavy atom. The normalized spacial score (nSPS) is 17.8. The minimum Gasteiger partial charge on any atom is -0.434 e. The van der Waals surface area contributed by atoms with E-state index in [-0.39, 0.29) is 30.5 Å². The Morgan fingerprint density at radius 2 is 1.94 bits per heavy atom. The second-order valence-electron chi connectivity index (χ2n) is 7.69. The molecule has 1 N–H and O–H groups in total. The number of carbonyl (C=O) groups excluding carboxylic acids is 1. The SMILES string of the molecule is O=C(OC(CO)C(F)(F)F)N1CCC(c2nn3c(c2F)CCc2cc(F)ccc2-3)CC1. The Labute approximate surface area is 174 Å². The molecule has 0 radical (unpaired) electrons. The topological polar surface area (TPSA) is 67.6 Å². The molecule has 2 aromatic rings. The zero-order chi connectivity index (χ0) is 22.3. The highest BCUT2D eigenvalue weighted by molar-refractivity contribution is 5.68. The lowest BCUT2D eigenvalue weighted by atomic mass is 9.92. The number of aryl methyl sites for hydroxylation is 1. The molecule has 2 aliphatic heterocycles. The van der Waals surface area contributed by atoms with E-state index in [0.29, 0.717) is 37.1 Å². The Morgan fingerprint density at radius 1 is 1.23 bits per heavy atom. The van der Waals surface area contributed by atoms with Crippen molar-refractivity contribution in [3.8, 4) is 5.69 Å². The smallest absolute Gasteiger partial charge is 0.427 e. The number of piperidine rings is 1. The van der Waals surface area contributed by atoms with Crippen LogP contribution in [0.5, 0.6) is 0 Å². The molecule has 4 rings (SSSR count). The van der Waals surface area contributed by atoms with Crippen molar-refractivity contribution in [2.24, 2.45) is 0 Å². The maximum Gasteiger partial charge on any atom is 0.427 e. The summed E-state index contributed by atoms with van der Waals surface area (Å²) in [5, 5.41) is 13.2. The van der Waals surface area contributed by atoms with E-state index < -0.39 is 30.8 Å². The van der Waals surface area contributed by atoms with Crippen LogP contribution in [0.2, 0.25) is 0 Å². The summed E-state index contributed by atoms with van der Waals surface area (Å²) in [6.45, 7) is -1.21. The van der Waals surface area contributed by atoms with Crippen molar-refractivity contribution in [2.45, 2.75) is 43.9 Å². The van der Waals surface area contributed by atoms with Gasteiger partial charge in [0.05, 0.1) is 18.0 Å². The maximum absolute atomic E-state index is 15.1. The van der Waals surface area contributed by atoms with Gasteiger partial charge in [0.15, 0.2) is 5.82 Å². The molecule has 1 unspecified atom stereocenters. The van der Waals surface area contributed by atoms with Gasteiger partial charge < -0.3 is 14.7 Å². The number of benzene rings is 1. The van der Waals surface area contributed by atoms with E-state index in [1.807, 2.05) is 0 Å². The maximum atomic E-state index is 15.1. The third-order valence-electron chi connectivity index (χ3n) is 5.76. The molecule has 1 atom stereocenters. The van der Waals surface area contributed by atoms with Gasteiger partial charge >= 0.3 is 12.3 Å². The Bertz CT molecular complexity index is 983. The van der Waals surface area contributed by atoms with Crippen molar-refractivity contribution in [3.63, 3.8) is 0 Å². The van der Waals surface area contributed by atoms with Crippen molar-refractivity contribution in [2.75, 3.05) is 19.7 Å². The van der Waals surface area contributed by atoms with E-state index >= 15 is 4.39 Å². The minimum atomic E-state index is -4.86. The van der Waals surface area contributed by atoms with E-state index in [0.717, 1.165) is 10.5 Å². The summed E-state index contributed by atoms with van der Waals surface area (Å²) in [6, 6.07) is 4.25. The average molecular weight is 445 g/mol. The summed E-state index contributed by atoms with van der Waals surface area (Å²) in [6.07, 6.45) is -7.15. The number of ether oxygens (including phenoxy) is 1. The van der Waals surface area contributed by atoms with Gasteiger partial charge in [-0.3, -0.25) is 0 Å². The standard InChI is InChI=1S/C20H20F5N3O3/c21-13-2-4-14-12(9-13)1-3-15-17(22)18(26-28(14)15)11-5-7-27(8-6-11)19(30)31-16(10-29)20(23,24)25/h2,4,9,11,16,29H,1,3,5-8,10H2. The molecule has 1 aromatic heterocycles. The lowest BCUT2D eigenvalue weighted by Crippen LogP contribution is -2.44. The highest BCUT2D eigenvalue weighted by atomic mass is 19.4. The molecule has 3 heterocycles. The van der Waals surface area contributed by atoms with E-state index in [1.54, 1.807) is 6.07 Å². The predicted molar refractivity (Wildman–Crippen MR) is 97.8 cm³/mol. The van der Waals surface area contributed by atoms with Crippen LogP contribution in [0.25, 0.3) is 5.69 Å². The van der Waals surface area contributed by atoms with E-state index in [2.05, 4.69) is 9.84 Å². The molecule has 31 heavy (non-hydrogen) atoms. The molecule has 0 saturated carbocycles. The van der Waals surface area contributed by atoms with Crippen LogP contribution in [0.4, 0.5) is 26.7 Å². The predicted octanol–water partition coefficient (Wildman–Crippen LogP) is 3.49. The van der Waals surface area contributed by atoms with Crippen LogP contribution in [-0.2, 0) is 17.6 Å². The fourth-order valence-electron chi connectivity index (χ4n) is 4.08. The summed E-state index contributed by atoms with van der Waals surface area (Å²) in [5.74, 6) is -1.13. The number of carbonyl (C=O) groups is 1. The fraction of sp³-hybridized carbons (Fsp3) is 0.500. The number of rotatable bonds is 3. The second kappa shape index (κ2) is 8.10.